The molecule has 1 amide bonds. The van der Waals surface area contributed by atoms with Gasteiger partial charge in [-0.05, 0) is 51.5 Å². The number of ether oxygens (including phenoxy) is 2. The summed E-state index contributed by atoms with van der Waals surface area (Å²) in [5.41, 5.74) is 1.19. The lowest BCUT2D eigenvalue weighted by Crippen LogP contribution is -2.44. The van der Waals surface area contributed by atoms with Crippen LogP contribution in [0.15, 0.2) is 18.2 Å². The first-order valence-electron chi connectivity index (χ1n) is 11.2. The molecule has 192 valence electrons. The molecule has 10 nitrogen and oxygen atoms in total. The Balaban J connectivity index is 0.000000852. The Labute approximate surface area is 201 Å². The lowest BCUT2D eigenvalue weighted by Gasteiger charge is -2.33. The Morgan fingerprint density at radius 3 is 2.15 bits per heavy atom. The van der Waals surface area contributed by atoms with Gasteiger partial charge in [-0.15, -0.1) is 0 Å². The minimum absolute atomic E-state index is 0.0722. The summed E-state index contributed by atoms with van der Waals surface area (Å²) in [6.45, 7) is 8.69. The van der Waals surface area contributed by atoms with Crippen molar-refractivity contribution in [3.63, 3.8) is 0 Å². The number of amides is 1. The molecule has 0 aliphatic carbocycles. The normalized spacial score (nSPS) is 14.7. The van der Waals surface area contributed by atoms with Crippen LogP contribution in [0.2, 0.25) is 0 Å². The van der Waals surface area contributed by atoms with Crippen molar-refractivity contribution in [2.45, 2.75) is 33.2 Å². The van der Waals surface area contributed by atoms with Crippen molar-refractivity contribution in [1.82, 2.24) is 15.1 Å². The standard InChI is InChI=1S/C22H37N3O3.C2H2O4/c1-22(2,16-24(3)4)15-23-21(26)17-10-12-25(13-11-17)14-18-8-7-9-19(27-5)20(18)28-6;3-1(4)2(5)6/h7-9,17H,10-16H2,1-6H3,(H,23,26);(H,3,4)(H,5,6). The van der Waals surface area contributed by atoms with Crippen molar-refractivity contribution in [2.24, 2.45) is 11.3 Å². The number of carbonyl (C=O) groups excluding carboxylic acids is 1. The Bertz CT molecular complexity index is 807. The van der Waals surface area contributed by atoms with Gasteiger partial charge < -0.3 is 29.9 Å². The molecule has 0 aromatic heterocycles. The van der Waals surface area contributed by atoms with Crippen LogP contribution in [0.4, 0.5) is 0 Å². The van der Waals surface area contributed by atoms with Crippen LogP contribution in [0.5, 0.6) is 11.5 Å². The van der Waals surface area contributed by atoms with Gasteiger partial charge in [0.2, 0.25) is 5.91 Å². The number of methoxy groups -OCH3 is 2. The first-order valence-corrected chi connectivity index (χ1v) is 11.2. The van der Waals surface area contributed by atoms with Crippen LogP contribution >= 0.6 is 0 Å². The van der Waals surface area contributed by atoms with E-state index in [2.05, 4.69) is 49.1 Å². The van der Waals surface area contributed by atoms with Crippen LogP contribution in [-0.4, -0.2) is 92.4 Å². The highest BCUT2D eigenvalue weighted by molar-refractivity contribution is 6.27. The number of aliphatic carboxylic acids is 2. The number of carboxylic acid groups (broad SMARTS) is 2. The van der Waals surface area contributed by atoms with E-state index in [1.54, 1.807) is 14.2 Å². The van der Waals surface area contributed by atoms with E-state index < -0.39 is 11.9 Å². The molecule has 34 heavy (non-hydrogen) atoms. The van der Waals surface area contributed by atoms with E-state index in [0.29, 0.717) is 6.54 Å². The molecule has 1 aliphatic rings. The summed E-state index contributed by atoms with van der Waals surface area (Å²) in [7, 11) is 7.47. The molecule has 1 aromatic carbocycles. The number of piperidine rings is 1. The molecule has 1 aromatic rings. The Hall–Kier alpha value is -2.85. The number of nitrogens with zero attached hydrogens (tertiary/aromatic N) is 2. The first-order chi connectivity index (χ1) is 15.9. The van der Waals surface area contributed by atoms with Crippen molar-refractivity contribution in [1.29, 1.82) is 0 Å². The van der Waals surface area contributed by atoms with Crippen LogP contribution in [0, 0.1) is 11.3 Å². The van der Waals surface area contributed by atoms with Gasteiger partial charge in [0.1, 0.15) is 0 Å². The largest absolute Gasteiger partial charge is 0.493 e. The molecule has 1 saturated heterocycles. The minimum atomic E-state index is -1.82. The number of carbonyl (C=O) groups is 3. The van der Waals surface area contributed by atoms with Crippen molar-refractivity contribution >= 4 is 17.8 Å². The van der Waals surface area contributed by atoms with Crippen molar-refractivity contribution in [3.05, 3.63) is 23.8 Å². The predicted molar refractivity (Wildman–Crippen MR) is 128 cm³/mol. The number of benzene rings is 1. The summed E-state index contributed by atoms with van der Waals surface area (Å²) in [6, 6.07) is 5.98. The molecule has 0 saturated carbocycles. The molecule has 10 heteroatoms. The monoisotopic (exact) mass is 481 g/mol. The minimum Gasteiger partial charge on any atom is -0.493 e. The lowest BCUT2D eigenvalue weighted by atomic mass is 9.91. The SMILES string of the molecule is COc1cccc(CN2CCC(C(=O)NCC(C)(C)CN(C)C)CC2)c1OC.O=C(O)C(=O)O. The maximum absolute atomic E-state index is 12.6. The fraction of sp³-hybridized carbons (Fsp3) is 0.625. The van der Waals surface area contributed by atoms with E-state index in [1.807, 2.05) is 12.1 Å². The van der Waals surface area contributed by atoms with Crippen molar-refractivity contribution < 1.29 is 34.1 Å². The molecule has 0 unspecified atom stereocenters. The summed E-state index contributed by atoms with van der Waals surface area (Å²) in [5.74, 6) is -1.78. The van der Waals surface area contributed by atoms with E-state index in [9.17, 15) is 4.79 Å². The molecular formula is C24H39N3O7. The molecule has 0 bridgehead atoms. The highest BCUT2D eigenvalue weighted by Crippen LogP contribution is 2.32. The van der Waals surface area contributed by atoms with Crippen LogP contribution in [0.25, 0.3) is 0 Å². The second kappa shape index (κ2) is 13.8. The zero-order valence-corrected chi connectivity index (χ0v) is 21.1. The molecule has 0 spiro atoms. The third-order valence-corrected chi connectivity index (χ3v) is 5.51. The average Bonchev–Trinajstić information content (AvgIpc) is 2.77. The summed E-state index contributed by atoms with van der Waals surface area (Å²) in [6.07, 6.45) is 1.79. The van der Waals surface area contributed by atoms with E-state index in [4.69, 9.17) is 29.3 Å². The molecule has 1 aliphatic heterocycles. The Kier molecular flexibility index (Phi) is 11.8. The molecule has 0 atom stereocenters. The van der Waals surface area contributed by atoms with E-state index in [1.165, 1.54) is 0 Å². The third kappa shape index (κ3) is 9.96. The maximum atomic E-state index is 12.6. The van der Waals surface area contributed by atoms with E-state index in [0.717, 1.165) is 56.1 Å². The van der Waals surface area contributed by atoms with Gasteiger partial charge in [-0.25, -0.2) is 9.59 Å². The highest BCUT2D eigenvalue weighted by atomic mass is 16.5. The molecule has 0 radical (unpaired) electrons. The van der Waals surface area contributed by atoms with Gasteiger partial charge in [0.25, 0.3) is 0 Å². The van der Waals surface area contributed by atoms with Gasteiger partial charge in [-0.1, -0.05) is 26.0 Å². The van der Waals surface area contributed by atoms with Crippen molar-refractivity contribution in [3.8, 4) is 11.5 Å². The average molecular weight is 482 g/mol. The summed E-state index contributed by atoms with van der Waals surface area (Å²) in [4.78, 5) is 35.3. The number of para-hydroxylation sites is 1. The molecule has 3 N–H and O–H groups in total. The van der Waals surface area contributed by atoms with Gasteiger partial charge in [0.05, 0.1) is 14.2 Å². The Morgan fingerprint density at radius 1 is 1.09 bits per heavy atom. The van der Waals surface area contributed by atoms with Gasteiger partial charge in [0.15, 0.2) is 11.5 Å². The van der Waals surface area contributed by atoms with Gasteiger partial charge >= 0.3 is 11.9 Å². The van der Waals surface area contributed by atoms with Crippen LogP contribution < -0.4 is 14.8 Å². The van der Waals surface area contributed by atoms with Crippen molar-refractivity contribution in [2.75, 3.05) is 54.5 Å². The molecule has 1 fully saturated rings. The number of likely N-dealkylation sites (tertiary alicyclic amines) is 1. The maximum Gasteiger partial charge on any atom is 0.414 e. The Morgan fingerprint density at radius 2 is 1.68 bits per heavy atom. The van der Waals surface area contributed by atoms with Crippen LogP contribution in [-0.2, 0) is 20.9 Å². The second-order valence-corrected chi connectivity index (χ2v) is 9.43. The smallest absolute Gasteiger partial charge is 0.414 e. The second-order valence-electron chi connectivity index (χ2n) is 9.43. The number of hydrogen-bond acceptors (Lipinski definition) is 7. The third-order valence-electron chi connectivity index (χ3n) is 5.51. The van der Waals surface area contributed by atoms with Gasteiger partial charge in [-0.3, -0.25) is 9.69 Å². The molecular weight excluding hydrogens is 442 g/mol. The number of nitrogens with one attached hydrogen (secondary N) is 1. The van der Waals surface area contributed by atoms with Crippen LogP contribution in [0.1, 0.15) is 32.3 Å². The van der Waals surface area contributed by atoms with Gasteiger partial charge in [0, 0.05) is 31.1 Å². The lowest BCUT2D eigenvalue weighted by molar-refractivity contribution is -0.159. The van der Waals surface area contributed by atoms with E-state index in [-0.39, 0.29) is 17.2 Å². The fourth-order valence-electron chi connectivity index (χ4n) is 4.06. The molecule has 1 heterocycles. The predicted octanol–water partition coefficient (Wildman–Crippen LogP) is 1.78. The number of hydrogen-bond donors (Lipinski definition) is 3. The number of rotatable bonds is 9. The van der Waals surface area contributed by atoms with Gasteiger partial charge in [-0.2, -0.15) is 0 Å². The summed E-state index contributed by atoms with van der Waals surface area (Å²) < 4.78 is 10.9. The summed E-state index contributed by atoms with van der Waals surface area (Å²) in [5, 5.41) is 18.0. The quantitative estimate of drug-likeness (QED) is 0.452. The summed E-state index contributed by atoms with van der Waals surface area (Å²) >= 11 is 0. The number of carboxylic acids is 2. The zero-order valence-electron chi connectivity index (χ0n) is 21.1. The zero-order chi connectivity index (χ0) is 25.9. The fourth-order valence-corrected chi connectivity index (χ4v) is 4.06. The highest BCUT2D eigenvalue weighted by Gasteiger charge is 2.27. The van der Waals surface area contributed by atoms with E-state index >= 15 is 0 Å². The topological polar surface area (TPSA) is 129 Å². The first kappa shape index (κ1) is 29.2. The molecule has 2 rings (SSSR count). The van der Waals surface area contributed by atoms with Crippen LogP contribution in [0.3, 0.4) is 0 Å².